The molecule has 0 saturated heterocycles. The summed E-state index contributed by atoms with van der Waals surface area (Å²) >= 11 is 0. The number of hydrogen-bond donors (Lipinski definition) is 3. The normalized spacial score (nSPS) is 11.8. The molecule has 3 N–H and O–H groups in total. The Bertz CT molecular complexity index is 575. The second-order valence-electron chi connectivity index (χ2n) is 5.28. The van der Waals surface area contributed by atoms with Crippen LogP contribution in [0.25, 0.3) is 11.0 Å². The lowest BCUT2D eigenvalue weighted by molar-refractivity contribution is 0.143. The van der Waals surface area contributed by atoms with Crippen LogP contribution in [0.15, 0.2) is 29.3 Å². The number of hydrogen-bond acceptors (Lipinski definition) is 3. The molecule has 0 saturated carbocycles. The van der Waals surface area contributed by atoms with Gasteiger partial charge in [-0.3, -0.25) is 4.99 Å². The third-order valence-electron chi connectivity index (χ3n) is 3.53. The predicted octanol–water partition coefficient (Wildman–Crippen LogP) is 2.09. The number of guanidine groups is 1. The molecule has 0 fully saturated rings. The van der Waals surface area contributed by atoms with Crippen LogP contribution in [0.2, 0.25) is 0 Å². The van der Waals surface area contributed by atoms with E-state index in [-0.39, 0.29) is 0 Å². The Morgan fingerprint density at radius 3 is 2.83 bits per heavy atom. The molecule has 0 radical (unpaired) electrons. The molecule has 23 heavy (non-hydrogen) atoms. The topological polar surface area (TPSA) is 74.3 Å². The minimum Gasteiger partial charge on any atom is -0.382 e. The molecular formula is C17H27N5O. The van der Waals surface area contributed by atoms with Crippen LogP contribution in [0, 0.1) is 0 Å². The number of ether oxygens (including phenoxy) is 1. The first kappa shape index (κ1) is 17.3. The number of imidazole rings is 1. The van der Waals surface area contributed by atoms with Crippen LogP contribution in [0.4, 0.5) is 0 Å². The summed E-state index contributed by atoms with van der Waals surface area (Å²) in [6.45, 7) is 5.33. The highest BCUT2D eigenvalue weighted by Gasteiger charge is 2.02. The Morgan fingerprint density at radius 2 is 2.04 bits per heavy atom. The number of aliphatic imine (C=N–C) groups is 1. The van der Waals surface area contributed by atoms with Crippen LogP contribution in [0.1, 0.15) is 25.6 Å². The van der Waals surface area contributed by atoms with Crippen molar-refractivity contribution in [2.75, 3.05) is 33.4 Å². The van der Waals surface area contributed by atoms with Gasteiger partial charge in [0.2, 0.25) is 0 Å². The van der Waals surface area contributed by atoms with Crippen LogP contribution in [-0.4, -0.2) is 49.3 Å². The Balaban J connectivity index is 1.65. The monoisotopic (exact) mass is 317 g/mol. The molecule has 1 aromatic heterocycles. The first-order valence-electron chi connectivity index (χ1n) is 8.29. The van der Waals surface area contributed by atoms with Gasteiger partial charge in [-0.2, -0.15) is 0 Å². The average molecular weight is 317 g/mol. The molecule has 1 heterocycles. The largest absolute Gasteiger partial charge is 0.382 e. The van der Waals surface area contributed by atoms with Crippen molar-refractivity contribution in [2.45, 2.75) is 26.2 Å². The number of fused-ring (bicyclic) bond motifs is 1. The molecule has 126 valence electrons. The molecule has 2 rings (SSSR count). The van der Waals surface area contributed by atoms with Crippen LogP contribution in [0.3, 0.4) is 0 Å². The quantitative estimate of drug-likeness (QED) is 0.376. The number of unbranched alkanes of at least 4 members (excludes halogenated alkanes) is 1. The minimum atomic E-state index is 0.790. The lowest BCUT2D eigenvalue weighted by atomic mass is 10.3. The molecule has 0 spiro atoms. The maximum absolute atomic E-state index is 5.32. The molecule has 0 atom stereocenters. The van der Waals surface area contributed by atoms with E-state index in [1.54, 1.807) is 7.05 Å². The average Bonchev–Trinajstić information content (AvgIpc) is 2.99. The predicted molar refractivity (Wildman–Crippen MR) is 94.9 cm³/mol. The third-order valence-corrected chi connectivity index (χ3v) is 3.53. The second-order valence-corrected chi connectivity index (χ2v) is 5.28. The van der Waals surface area contributed by atoms with Gasteiger partial charge < -0.3 is 20.4 Å². The summed E-state index contributed by atoms with van der Waals surface area (Å²) in [5.41, 5.74) is 2.10. The Morgan fingerprint density at radius 1 is 1.22 bits per heavy atom. The molecule has 2 aromatic rings. The molecule has 0 amide bonds. The van der Waals surface area contributed by atoms with Gasteiger partial charge >= 0.3 is 0 Å². The van der Waals surface area contributed by atoms with Gasteiger partial charge in [-0.1, -0.05) is 12.1 Å². The second kappa shape index (κ2) is 9.84. The van der Waals surface area contributed by atoms with Gasteiger partial charge in [0.05, 0.1) is 11.0 Å². The summed E-state index contributed by atoms with van der Waals surface area (Å²) in [5, 5.41) is 6.62. The Hall–Kier alpha value is -2.08. The van der Waals surface area contributed by atoms with Crippen molar-refractivity contribution in [3.63, 3.8) is 0 Å². The molecule has 6 nitrogen and oxygen atoms in total. The fourth-order valence-electron chi connectivity index (χ4n) is 2.32. The highest BCUT2D eigenvalue weighted by molar-refractivity contribution is 5.79. The summed E-state index contributed by atoms with van der Waals surface area (Å²) in [5.74, 6) is 1.82. The van der Waals surface area contributed by atoms with E-state index in [4.69, 9.17) is 4.74 Å². The van der Waals surface area contributed by atoms with Crippen LogP contribution in [-0.2, 0) is 11.2 Å². The Labute approximate surface area is 137 Å². The zero-order valence-electron chi connectivity index (χ0n) is 14.1. The number of aromatic nitrogens is 2. The number of benzene rings is 1. The van der Waals surface area contributed by atoms with E-state index < -0.39 is 0 Å². The first-order valence-corrected chi connectivity index (χ1v) is 8.29. The van der Waals surface area contributed by atoms with E-state index >= 15 is 0 Å². The summed E-state index contributed by atoms with van der Waals surface area (Å²) in [4.78, 5) is 12.1. The highest BCUT2D eigenvalue weighted by atomic mass is 16.5. The molecule has 0 aliphatic carbocycles. The summed E-state index contributed by atoms with van der Waals surface area (Å²) in [6.07, 6.45) is 2.97. The smallest absolute Gasteiger partial charge is 0.190 e. The van der Waals surface area contributed by atoms with Gasteiger partial charge in [-0.05, 0) is 31.9 Å². The molecule has 0 aliphatic rings. The fourth-order valence-corrected chi connectivity index (χ4v) is 2.32. The number of nitrogens with one attached hydrogen (secondary N) is 3. The van der Waals surface area contributed by atoms with E-state index in [9.17, 15) is 0 Å². The van der Waals surface area contributed by atoms with Gasteiger partial charge in [0.15, 0.2) is 5.96 Å². The first-order chi connectivity index (χ1) is 11.3. The highest BCUT2D eigenvalue weighted by Crippen LogP contribution is 2.10. The molecular weight excluding hydrogens is 290 g/mol. The molecule has 1 aromatic carbocycles. The number of aromatic amines is 1. The van der Waals surface area contributed by atoms with Crippen molar-refractivity contribution in [1.29, 1.82) is 0 Å². The number of rotatable bonds is 9. The molecule has 0 unspecified atom stereocenters. The van der Waals surface area contributed by atoms with E-state index in [2.05, 4.69) is 25.6 Å². The van der Waals surface area contributed by atoms with Gasteiger partial charge in [0.1, 0.15) is 5.82 Å². The third kappa shape index (κ3) is 5.90. The van der Waals surface area contributed by atoms with Crippen molar-refractivity contribution in [2.24, 2.45) is 4.99 Å². The van der Waals surface area contributed by atoms with Crippen LogP contribution < -0.4 is 10.6 Å². The molecule has 6 heteroatoms. The summed E-state index contributed by atoms with van der Waals surface area (Å²) in [7, 11) is 1.79. The van der Waals surface area contributed by atoms with E-state index in [0.29, 0.717) is 0 Å². The maximum Gasteiger partial charge on any atom is 0.190 e. The Kier molecular flexibility index (Phi) is 7.39. The van der Waals surface area contributed by atoms with E-state index in [1.807, 2.05) is 31.2 Å². The van der Waals surface area contributed by atoms with Crippen LogP contribution in [0.5, 0.6) is 0 Å². The van der Waals surface area contributed by atoms with Crippen molar-refractivity contribution in [3.8, 4) is 0 Å². The zero-order valence-corrected chi connectivity index (χ0v) is 14.1. The minimum absolute atomic E-state index is 0.790. The van der Waals surface area contributed by atoms with Gasteiger partial charge in [-0.15, -0.1) is 0 Å². The van der Waals surface area contributed by atoms with Crippen LogP contribution >= 0.6 is 0 Å². The number of para-hydroxylation sites is 2. The van der Waals surface area contributed by atoms with Crippen molar-refractivity contribution in [1.82, 2.24) is 20.6 Å². The van der Waals surface area contributed by atoms with Gasteiger partial charge in [0, 0.05) is 39.8 Å². The van der Waals surface area contributed by atoms with E-state index in [1.165, 1.54) is 0 Å². The number of nitrogens with zero attached hydrogens (tertiary/aromatic N) is 2. The van der Waals surface area contributed by atoms with Crippen molar-refractivity contribution >= 4 is 17.0 Å². The number of H-pyrrole nitrogens is 1. The molecule has 0 aliphatic heterocycles. The fraction of sp³-hybridized carbons (Fsp3) is 0.529. The molecule has 0 bridgehead atoms. The SMILES string of the molecule is CCOCCCCNC(=NC)NCCc1nc2ccccc2[nH]1. The lowest BCUT2D eigenvalue weighted by Crippen LogP contribution is -2.38. The summed E-state index contributed by atoms with van der Waals surface area (Å²) < 4.78 is 5.32. The van der Waals surface area contributed by atoms with Gasteiger partial charge in [0.25, 0.3) is 0 Å². The van der Waals surface area contributed by atoms with Crippen molar-refractivity contribution in [3.05, 3.63) is 30.1 Å². The standard InChI is InChI=1S/C17H27N5O/c1-3-23-13-7-6-11-19-17(18-2)20-12-10-16-21-14-8-4-5-9-15(14)22-16/h4-5,8-9H,3,6-7,10-13H2,1-2H3,(H,21,22)(H2,18,19,20). The summed E-state index contributed by atoms with van der Waals surface area (Å²) in [6, 6.07) is 8.08. The van der Waals surface area contributed by atoms with Gasteiger partial charge in [-0.25, -0.2) is 4.98 Å². The zero-order chi connectivity index (χ0) is 16.3. The maximum atomic E-state index is 5.32. The lowest BCUT2D eigenvalue weighted by Gasteiger charge is -2.11. The van der Waals surface area contributed by atoms with E-state index in [0.717, 1.165) is 68.4 Å². The van der Waals surface area contributed by atoms with Crippen molar-refractivity contribution < 1.29 is 4.74 Å².